The van der Waals surface area contributed by atoms with E-state index in [0.717, 1.165) is 0 Å². The molecular weight excluding hydrogens is 289 g/mol. The molecule has 0 saturated heterocycles. The van der Waals surface area contributed by atoms with Gasteiger partial charge in [0.1, 0.15) is 0 Å². The third-order valence-corrected chi connectivity index (χ3v) is 3.08. The normalized spacial score (nSPS) is 10.5. The summed E-state index contributed by atoms with van der Waals surface area (Å²) < 4.78 is 5.18. The summed E-state index contributed by atoms with van der Waals surface area (Å²) in [6, 6.07) is 4.91. The van der Waals surface area contributed by atoms with Crippen molar-refractivity contribution in [2.45, 2.75) is 19.8 Å². The maximum Gasteiger partial charge on any atom is 0.224 e. The largest absolute Gasteiger partial charge is 0.426 e. The third kappa shape index (κ3) is 3.94. The lowest BCUT2D eigenvalue weighted by molar-refractivity contribution is -0.116. The number of rotatable bonds is 4. The van der Waals surface area contributed by atoms with E-state index in [1.807, 2.05) is 0 Å². The number of hydrogen-bond acceptors (Lipinski definition) is 4. The molecule has 2 rings (SSSR count). The predicted molar refractivity (Wildman–Crippen MR) is 72.4 cm³/mol. The molecule has 0 atom stereocenters. The standard InChI is InChI=1S/C12H11Cl2N3O2/c1-7-16-17-12(19-7)5-4-11(18)15-8-2-3-9(13)10(14)6-8/h2-3,6H,4-5H2,1H3,(H,15,18). The zero-order valence-corrected chi connectivity index (χ0v) is 11.6. The Kier molecular flexibility index (Phi) is 4.39. The van der Waals surface area contributed by atoms with Crippen molar-refractivity contribution in [3.63, 3.8) is 0 Å². The lowest BCUT2D eigenvalue weighted by atomic mass is 10.2. The fraction of sp³-hybridized carbons (Fsp3) is 0.250. The number of anilines is 1. The molecule has 0 aliphatic heterocycles. The van der Waals surface area contributed by atoms with Crippen LogP contribution in [0.1, 0.15) is 18.2 Å². The van der Waals surface area contributed by atoms with Crippen LogP contribution in [0.5, 0.6) is 0 Å². The number of aromatic nitrogens is 2. The van der Waals surface area contributed by atoms with Gasteiger partial charge >= 0.3 is 0 Å². The van der Waals surface area contributed by atoms with Crippen molar-refractivity contribution in [1.29, 1.82) is 0 Å². The summed E-state index contributed by atoms with van der Waals surface area (Å²) in [7, 11) is 0. The molecule has 0 aliphatic carbocycles. The number of amides is 1. The SMILES string of the molecule is Cc1nnc(CCC(=O)Nc2ccc(Cl)c(Cl)c2)o1. The predicted octanol–water partition coefficient (Wildman–Crippen LogP) is 3.26. The van der Waals surface area contributed by atoms with Crippen molar-refractivity contribution < 1.29 is 9.21 Å². The van der Waals surface area contributed by atoms with Crippen molar-refractivity contribution in [1.82, 2.24) is 10.2 Å². The zero-order chi connectivity index (χ0) is 13.8. The van der Waals surface area contributed by atoms with Crippen molar-refractivity contribution >= 4 is 34.8 Å². The summed E-state index contributed by atoms with van der Waals surface area (Å²) in [5.41, 5.74) is 0.598. The second-order valence-electron chi connectivity index (χ2n) is 3.89. The quantitative estimate of drug-likeness (QED) is 0.941. The zero-order valence-electron chi connectivity index (χ0n) is 10.1. The Morgan fingerprint density at radius 1 is 1.32 bits per heavy atom. The van der Waals surface area contributed by atoms with Gasteiger partial charge in [0.2, 0.25) is 17.7 Å². The van der Waals surface area contributed by atoms with Crippen LogP contribution in [0, 0.1) is 6.92 Å². The number of aryl methyl sites for hydroxylation is 2. The molecular formula is C12H11Cl2N3O2. The second-order valence-corrected chi connectivity index (χ2v) is 4.71. The number of halogens is 2. The fourth-order valence-corrected chi connectivity index (χ4v) is 1.75. The van der Waals surface area contributed by atoms with Gasteiger partial charge in [-0.2, -0.15) is 0 Å². The third-order valence-electron chi connectivity index (χ3n) is 2.34. The van der Waals surface area contributed by atoms with Gasteiger partial charge in [0.15, 0.2) is 0 Å². The number of nitrogens with zero attached hydrogens (tertiary/aromatic N) is 2. The first-order valence-electron chi connectivity index (χ1n) is 5.58. The van der Waals surface area contributed by atoms with Crippen LogP contribution >= 0.6 is 23.2 Å². The highest BCUT2D eigenvalue weighted by Gasteiger charge is 2.08. The first-order chi connectivity index (χ1) is 9.04. The molecule has 1 heterocycles. The highest BCUT2D eigenvalue weighted by atomic mass is 35.5. The van der Waals surface area contributed by atoms with Gasteiger partial charge in [-0.25, -0.2) is 0 Å². The molecule has 1 amide bonds. The maximum absolute atomic E-state index is 11.7. The van der Waals surface area contributed by atoms with E-state index < -0.39 is 0 Å². The molecule has 19 heavy (non-hydrogen) atoms. The van der Waals surface area contributed by atoms with Crippen molar-refractivity contribution in [2.24, 2.45) is 0 Å². The van der Waals surface area contributed by atoms with Crippen molar-refractivity contribution in [2.75, 3.05) is 5.32 Å². The molecule has 0 fully saturated rings. The molecule has 0 unspecified atom stereocenters. The highest BCUT2D eigenvalue weighted by Crippen LogP contribution is 2.25. The first-order valence-corrected chi connectivity index (χ1v) is 6.34. The van der Waals surface area contributed by atoms with Crippen LogP contribution in [0.2, 0.25) is 10.0 Å². The van der Waals surface area contributed by atoms with Crippen LogP contribution in [-0.4, -0.2) is 16.1 Å². The smallest absolute Gasteiger partial charge is 0.224 e. The average molecular weight is 300 g/mol. The molecule has 100 valence electrons. The molecule has 1 aromatic carbocycles. The topological polar surface area (TPSA) is 68.0 Å². The molecule has 1 N–H and O–H groups in total. The summed E-state index contributed by atoms with van der Waals surface area (Å²) in [6.45, 7) is 1.70. The molecule has 2 aromatic rings. The van der Waals surface area contributed by atoms with Gasteiger partial charge in [0.25, 0.3) is 0 Å². The molecule has 0 spiro atoms. The van der Waals surface area contributed by atoms with E-state index in [9.17, 15) is 4.79 Å². The monoisotopic (exact) mass is 299 g/mol. The minimum absolute atomic E-state index is 0.158. The van der Waals surface area contributed by atoms with E-state index in [1.54, 1.807) is 25.1 Å². The number of benzene rings is 1. The molecule has 0 aliphatic rings. The Balaban J connectivity index is 1.88. The van der Waals surface area contributed by atoms with Gasteiger partial charge < -0.3 is 9.73 Å². The minimum atomic E-state index is -0.158. The van der Waals surface area contributed by atoms with E-state index in [1.165, 1.54) is 0 Å². The van der Waals surface area contributed by atoms with Crippen LogP contribution in [-0.2, 0) is 11.2 Å². The van der Waals surface area contributed by atoms with Gasteiger partial charge in [0, 0.05) is 25.5 Å². The van der Waals surface area contributed by atoms with Crippen LogP contribution in [0.25, 0.3) is 0 Å². The molecule has 5 nitrogen and oxygen atoms in total. The summed E-state index contributed by atoms with van der Waals surface area (Å²) >= 11 is 11.6. The first kappa shape index (κ1) is 13.8. The van der Waals surface area contributed by atoms with Gasteiger partial charge in [-0.15, -0.1) is 10.2 Å². The van der Waals surface area contributed by atoms with E-state index in [-0.39, 0.29) is 12.3 Å². The second kappa shape index (κ2) is 6.04. The summed E-state index contributed by atoms with van der Waals surface area (Å²) in [6.07, 6.45) is 0.649. The molecule has 0 bridgehead atoms. The van der Waals surface area contributed by atoms with Crippen molar-refractivity contribution in [3.05, 3.63) is 40.0 Å². The van der Waals surface area contributed by atoms with E-state index in [2.05, 4.69) is 15.5 Å². The highest BCUT2D eigenvalue weighted by molar-refractivity contribution is 6.42. The van der Waals surface area contributed by atoms with E-state index in [4.69, 9.17) is 27.6 Å². The van der Waals surface area contributed by atoms with Gasteiger partial charge in [-0.3, -0.25) is 4.79 Å². The molecule has 1 aromatic heterocycles. The summed E-state index contributed by atoms with van der Waals surface area (Å²) in [4.78, 5) is 11.7. The number of hydrogen-bond donors (Lipinski definition) is 1. The summed E-state index contributed by atoms with van der Waals surface area (Å²) in [5.74, 6) is 0.774. The van der Waals surface area contributed by atoms with Crippen LogP contribution in [0.3, 0.4) is 0 Å². The van der Waals surface area contributed by atoms with Crippen LogP contribution < -0.4 is 5.32 Å². The maximum atomic E-state index is 11.7. The lowest BCUT2D eigenvalue weighted by Crippen LogP contribution is -2.12. The Hall–Kier alpha value is -1.59. The molecule has 0 saturated carbocycles. The van der Waals surface area contributed by atoms with Gasteiger partial charge in [-0.05, 0) is 18.2 Å². The van der Waals surface area contributed by atoms with E-state index >= 15 is 0 Å². The Labute approximate surface area is 119 Å². The Morgan fingerprint density at radius 3 is 2.74 bits per heavy atom. The molecule has 0 radical (unpaired) electrons. The molecule has 7 heteroatoms. The minimum Gasteiger partial charge on any atom is -0.426 e. The average Bonchev–Trinajstić information content (AvgIpc) is 2.77. The van der Waals surface area contributed by atoms with Crippen LogP contribution in [0.15, 0.2) is 22.6 Å². The number of carbonyl (C=O) groups is 1. The Morgan fingerprint density at radius 2 is 2.11 bits per heavy atom. The number of carbonyl (C=O) groups excluding carboxylic acids is 1. The van der Waals surface area contributed by atoms with Gasteiger partial charge in [0.05, 0.1) is 10.0 Å². The number of nitrogens with one attached hydrogen (secondary N) is 1. The van der Waals surface area contributed by atoms with Crippen molar-refractivity contribution in [3.8, 4) is 0 Å². The summed E-state index contributed by atoms with van der Waals surface area (Å²) in [5, 5.41) is 11.1. The Bertz CT molecular complexity index is 598. The lowest BCUT2D eigenvalue weighted by Gasteiger charge is -2.05. The van der Waals surface area contributed by atoms with Gasteiger partial charge in [-0.1, -0.05) is 23.2 Å². The van der Waals surface area contributed by atoms with Crippen LogP contribution in [0.4, 0.5) is 5.69 Å². The fourth-order valence-electron chi connectivity index (χ4n) is 1.46. The van der Waals surface area contributed by atoms with E-state index in [0.29, 0.717) is 33.9 Å².